The summed E-state index contributed by atoms with van der Waals surface area (Å²) in [6.45, 7) is 3.57. The number of carboxylic acid groups (broad SMARTS) is 1. The van der Waals surface area contributed by atoms with Crippen LogP contribution >= 0.6 is 0 Å². The van der Waals surface area contributed by atoms with Gasteiger partial charge in [-0.2, -0.15) is 0 Å². The lowest BCUT2D eigenvalue weighted by Gasteiger charge is -2.25. The van der Waals surface area contributed by atoms with Crippen LogP contribution in [-0.2, 0) is 9.53 Å². The predicted molar refractivity (Wildman–Crippen MR) is 44.9 cm³/mol. The smallest absolute Gasteiger partial charge is 0.327 e. The molecule has 1 aliphatic heterocycles. The van der Waals surface area contributed by atoms with Gasteiger partial charge >= 0.3 is 5.97 Å². The molecule has 0 amide bonds. The van der Waals surface area contributed by atoms with Gasteiger partial charge in [-0.1, -0.05) is 13.0 Å². The lowest BCUT2D eigenvalue weighted by molar-refractivity contribution is -0.131. The van der Waals surface area contributed by atoms with E-state index in [4.69, 9.17) is 9.84 Å². The summed E-state index contributed by atoms with van der Waals surface area (Å²) in [6.07, 6.45) is 3.94. The van der Waals surface area contributed by atoms with Crippen LogP contribution in [0, 0.1) is 11.8 Å². The van der Waals surface area contributed by atoms with Gasteiger partial charge < -0.3 is 9.84 Å². The molecule has 1 rings (SSSR count). The summed E-state index contributed by atoms with van der Waals surface area (Å²) < 4.78 is 5.24. The highest BCUT2D eigenvalue weighted by Gasteiger charge is 2.19. The van der Waals surface area contributed by atoms with Crippen molar-refractivity contribution in [2.75, 3.05) is 13.2 Å². The van der Waals surface area contributed by atoms with Gasteiger partial charge in [-0.25, -0.2) is 4.79 Å². The minimum Gasteiger partial charge on any atom is -0.478 e. The number of hydrogen-bond donors (Lipinski definition) is 1. The molecule has 0 radical (unpaired) electrons. The Morgan fingerprint density at radius 2 is 2.42 bits per heavy atom. The van der Waals surface area contributed by atoms with Gasteiger partial charge in [-0.05, 0) is 18.3 Å². The predicted octanol–water partition coefficient (Wildman–Crippen LogP) is 1.30. The monoisotopic (exact) mass is 170 g/mol. The van der Waals surface area contributed by atoms with Crippen LogP contribution in [0.3, 0.4) is 0 Å². The number of allylic oxidation sites excluding steroid dienone is 1. The summed E-state index contributed by atoms with van der Waals surface area (Å²) in [5, 5.41) is 8.41. The minimum absolute atomic E-state index is 0.370. The Morgan fingerprint density at radius 1 is 1.67 bits per heavy atom. The van der Waals surface area contributed by atoms with E-state index in [1.165, 1.54) is 6.08 Å². The van der Waals surface area contributed by atoms with Crippen molar-refractivity contribution in [3.05, 3.63) is 12.2 Å². The highest BCUT2D eigenvalue weighted by molar-refractivity contribution is 5.79. The van der Waals surface area contributed by atoms with Gasteiger partial charge in [-0.3, -0.25) is 0 Å². The maximum absolute atomic E-state index is 10.2. The average molecular weight is 170 g/mol. The molecule has 0 aliphatic carbocycles. The van der Waals surface area contributed by atoms with Crippen LogP contribution in [0.4, 0.5) is 0 Å². The lowest BCUT2D eigenvalue weighted by atomic mass is 9.90. The van der Waals surface area contributed by atoms with E-state index < -0.39 is 5.97 Å². The van der Waals surface area contributed by atoms with Gasteiger partial charge in [0.05, 0.1) is 0 Å². The van der Waals surface area contributed by atoms with Crippen LogP contribution in [0.25, 0.3) is 0 Å². The van der Waals surface area contributed by atoms with Crippen LogP contribution in [0.2, 0.25) is 0 Å². The van der Waals surface area contributed by atoms with Gasteiger partial charge in [0.15, 0.2) is 0 Å². The van der Waals surface area contributed by atoms with E-state index in [2.05, 4.69) is 6.92 Å². The topological polar surface area (TPSA) is 46.5 Å². The van der Waals surface area contributed by atoms with Gasteiger partial charge in [0.2, 0.25) is 0 Å². The molecule has 1 fully saturated rings. The fraction of sp³-hybridized carbons (Fsp3) is 0.667. The van der Waals surface area contributed by atoms with Crippen molar-refractivity contribution in [1.29, 1.82) is 0 Å². The second-order valence-electron chi connectivity index (χ2n) is 3.20. The van der Waals surface area contributed by atoms with E-state index in [-0.39, 0.29) is 0 Å². The fourth-order valence-corrected chi connectivity index (χ4v) is 1.39. The second-order valence-corrected chi connectivity index (χ2v) is 3.20. The molecule has 2 atom stereocenters. The molecule has 68 valence electrons. The number of rotatable bonds is 2. The van der Waals surface area contributed by atoms with Gasteiger partial charge in [-0.15, -0.1) is 0 Å². The van der Waals surface area contributed by atoms with Gasteiger partial charge in [0, 0.05) is 19.3 Å². The third-order valence-electron chi connectivity index (χ3n) is 2.19. The third-order valence-corrected chi connectivity index (χ3v) is 2.19. The zero-order chi connectivity index (χ0) is 8.97. The number of carbonyl (C=O) groups is 1. The maximum atomic E-state index is 10.2. The first-order valence-electron chi connectivity index (χ1n) is 4.19. The zero-order valence-electron chi connectivity index (χ0n) is 7.19. The molecule has 12 heavy (non-hydrogen) atoms. The first-order valence-corrected chi connectivity index (χ1v) is 4.19. The van der Waals surface area contributed by atoms with Gasteiger partial charge in [0.1, 0.15) is 0 Å². The van der Waals surface area contributed by atoms with Crippen molar-refractivity contribution in [3.8, 4) is 0 Å². The molecule has 2 unspecified atom stereocenters. The SMILES string of the molecule is CC1COCCC1C=CC(=O)O. The molecule has 0 spiro atoms. The van der Waals surface area contributed by atoms with Crippen molar-refractivity contribution in [2.45, 2.75) is 13.3 Å². The Kier molecular flexibility index (Phi) is 3.29. The van der Waals surface area contributed by atoms with Crippen molar-refractivity contribution >= 4 is 5.97 Å². The van der Waals surface area contributed by atoms with Crippen LogP contribution < -0.4 is 0 Å². The third kappa shape index (κ3) is 2.66. The largest absolute Gasteiger partial charge is 0.478 e. The summed E-state index contributed by atoms with van der Waals surface area (Å²) >= 11 is 0. The van der Waals surface area contributed by atoms with E-state index in [0.29, 0.717) is 11.8 Å². The number of aliphatic carboxylic acids is 1. The quantitative estimate of drug-likeness (QED) is 0.635. The molecule has 1 aliphatic rings. The number of hydrogen-bond acceptors (Lipinski definition) is 2. The van der Waals surface area contributed by atoms with Crippen LogP contribution in [0.1, 0.15) is 13.3 Å². The molecule has 3 nitrogen and oxygen atoms in total. The van der Waals surface area contributed by atoms with Crippen LogP contribution in [-0.4, -0.2) is 24.3 Å². The first-order chi connectivity index (χ1) is 5.70. The van der Waals surface area contributed by atoms with Gasteiger partial charge in [0.25, 0.3) is 0 Å². The molecule has 0 aromatic rings. The van der Waals surface area contributed by atoms with Crippen LogP contribution in [0.5, 0.6) is 0 Å². The molecule has 0 aromatic carbocycles. The Labute approximate surface area is 72.0 Å². The van der Waals surface area contributed by atoms with E-state index in [1.54, 1.807) is 6.08 Å². The van der Waals surface area contributed by atoms with E-state index >= 15 is 0 Å². The van der Waals surface area contributed by atoms with Crippen molar-refractivity contribution in [1.82, 2.24) is 0 Å². The molecular weight excluding hydrogens is 156 g/mol. The average Bonchev–Trinajstić information content (AvgIpc) is 2.03. The summed E-state index contributed by atoms with van der Waals surface area (Å²) in [7, 11) is 0. The molecule has 0 saturated carbocycles. The number of carboxylic acids is 1. The Hall–Kier alpha value is -0.830. The molecule has 1 heterocycles. The Balaban J connectivity index is 2.43. The molecular formula is C9H14O3. The molecule has 3 heteroatoms. The normalized spacial score (nSPS) is 30.8. The highest BCUT2D eigenvalue weighted by atomic mass is 16.5. The van der Waals surface area contributed by atoms with E-state index in [1.807, 2.05) is 0 Å². The van der Waals surface area contributed by atoms with Crippen molar-refractivity contribution in [3.63, 3.8) is 0 Å². The maximum Gasteiger partial charge on any atom is 0.327 e. The highest BCUT2D eigenvalue weighted by Crippen LogP contribution is 2.22. The summed E-state index contributed by atoms with van der Waals surface area (Å²) in [5.41, 5.74) is 0. The minimum atomic E-state index is -0.867. The molecule has 1 N–H and O–H groups in total. The summed E-state index contributed by atoms with van der Waals surface area (Å²) in [4.78, 5) is 10.2. The van der Waals surface area contributed by atoms with Crippen LogP contribution in [0.15, 0.2) is 12.2 Å². The number of ether oxygens (including phenoxy) is 1. The van der Waals surface area contributed by atoms with E-state index in [0.717, 1.165) is 19.6 Å². The summed E-state index contributed by atoms with van der Waals surface area (Å²) in [5.74, 6) is -0.0575. The lowest BCUT2D eigenvalue weighted by Crippen LogP contribution is -2.23. The van der Waals surface area contributed by atoms with E-state index in [9.17, 15) is 4.79 Å². The molecule has 0 bridgehead atoms. The zero-order valence-corrected chi connectivity index (χ0v) is 7.19. The fourth-order valence-electron chi connectivity index (χ4n) is 1.39. The molecule has 1 saturated heterocycles. The Bertz CT molecular complexity index is 186. The standard InChI is InChI=1S/C9H14O3/c1-7-6-12-5-4-8(7)2-3-9(10)11/h2-3,7-8H,4-6H2,1H3,(H,10,11). The van der Waals surface area contributed by atoms with Crippen molar-refractivity contribution < 1.29 is 14.6 Å². The second kappa shape index (κ2) is 4.26. The molecule has 0 aromatic heterocycles. The first kappa shape index (κ1) is 9.26. The van der Waals surface area contributed by atoms with Crippen molar-refractivity contribution in [2.24, 2.45) is 11.8 Å². The Morgan fingerprint density at radius 3 is 3.00 bits per heavy atom. The summed E-state index contributed by atoms with van der Waals surface area (Å²) in [6, 6.07) is 0.